The number of piperazine rings is 1. The van der Waals surface area contributed by atoms with Crippen molar-refractivity contribution in [2.24, 2.45) is 4.99 Å². The Balaban J connectivity index is 1.54. The first-order valence-electron chi connectivity index (χ1n) is 10.5. The van der Waals surface area contributed by atoms with Crippen molar-refractivity contribution in [2.75, 3.05) is 50.7 Å². The number of anilines is 1. The summed E-state index contributed by atoms with van der Waals surface area (Å²) in [5, 5.41) is 13.4. The highest BCUT2D eigenvalue weighted by atomic mass is 32.2. The van der Waals surface area contributed by atoms with Gasteiger partial charge in [-0.2, -0.15) is 0 Å². The molecule has 0 spiro atoms. The normalized spacial score (nSPS) is 15.2. The highest BCUT2D eigenvalue weighted by Gasteiger charge is 2.21. The van der Waals surface area contributed by atoms with Crippen LogP contribution in [0.3, 0.4) is 0 Å². The Labute approximate surface area is 184 Å². The number of benzene rings is 2. The Bertz CT molecular complexity index is 984. The summed E-state index contributed by atoms with van der Waals surface area (Å²) in [6.45, 7) is 8.27. The van der Waals surface area contributed by atoms with Crippen LogP contribution < -0.4 is 14.9 Å². The molecular formula is C22H31N5O3S. The number of guanidine groups is 1. The van der Waals surface area contributed by atoms with E-state index in [4.69, 9.17) is 0 Å². The van der Waals surface area contributed by atoms with E-state index in [1.54, 1.807) is 30.3 Å². The molecule has 8 nitrogen and oxygen atoms in total. The summed E-state index contributed by atoms with van der Waals surface area (Å²) >= 11 is 0. The molecule has 1 aliphatic rings. The lowest BCUT2D eigenvalue weighted by atomic mass is 10.2. The minimum absolute atomic E-state index is 0.225. The van der Waals surface area contributed by atoms with Crippen LogP contribution in [0.1, 0.15) is 12.5 Å². The number of nitrogens with one attached hydrogen (secondary N) is 2. The second kappa shape index (κ2) is 10.5. The maximum Gasteiger partial charge on any atom is 0.240 e. The third-order valence-corrected chi connectivity index (χ3v) is 6.61. The topological polar surface area (TPSA) is 97.3 Å². The van der Waals surface area contributed by atoms with Gasteiger partial charge in [0.15, 0.2) is 5.96 Å². The van der Waals surface area contributed by atoms with E-state index < -0.39 is 10.0 Å². The maximum atomic E-state index is 12.4. The predicted molar refractivity (Wildman–Crippen MR) is 124 cm³/mol. The smallest absolute Gasteiger partial charge is 0.240 e. The molecular weight excluding hydrogens is 414 g/mol. The first kappa shape index (κ1) is 22.9. The summed E-state index contributed by atoms with van der Waals surface area (Å²) < 4.78 is 27.4. The molecule has 0 amide bonds. The number of phenolic OH excluding ortho intramolecular Hbond substituents is 1. The summed E-state index contributed by atoms with van der Waals surface area (Å²) in [4.78, 5) is 9.18. The second-order valence-corrected chi connectivity index (χ2v) is 9.18. The minimum atomic E-state index is -3.54. The number of aromatic hydroxyl groups is 1. The molecule has 0 aliphatic carbocycles. The molecule has 0 unspecified atom stereocenters. The number of para-hydroxylation sites is 2. The van der Waals surface area contributed by atoms with Gasteiger partial charge >= 0.3 is 0 Å². The van der Waals surface area contributed by atoms with Crippen LogP contribution in [0.4, 0.5) is 5.69 Å². The summed E-state index contributed by atoms with van der Waals surface area (Å²) in [6.07, 6.45) is 0. The van der Waals surface area contributed by atoms with Gasteiger partial charge in [-0.15, -0.1) is 0 Å². The molecule has 1 fully saturated rings. The van der Waals surface area contributed by atoms with Crippen LogP contribution in [0.15, 0.2) is 58.4 Å². The van der Waals surface area contributed by atoms with E-state index >= 15 is 0 Å². The molecule has 0 radical (unpaired) electrons. The van der Waals surface area contributed by atoms with Crippen molar-refractivity contribution in [2.45, 2.75) is 18.7 Å². The zero-order valence-electron chi connectivity index (χ0n) is 18.1. The second-order valence-electron chi connectivity index (χ2n) is 7.41. The fraction of sp³-hybridized carbons (Fsp3) is 0.409. The monoisotopic (exact) mass is 445 g/mol. The van der Waals surface area contributed by atoms with Crippen LogP contribution in [-0.4, -0.2) is 70.2 Å². The molecule has 1 heterocycles. The van der Waals surface area contributed by atoms with E-state index in [2.05, 4.69) is 24.8 Å². The molecule has 0 atom stereocenters. The highest BCUT2D eigenvalue weighted by Crippen LogP contribution is 2.27. The Morgan fingerprint density at radius 1 is 1.06 bits per heavy atom. The zero-order chi connectivity index (χ0) is 22.3. The van der Waals surface area contributed by atoms with Gasteiger partial charge in [-0.1, -0.05) is 29.8 Å². The Morgan fingerprint density at radius 3 is 2.39 bits per heavy atom. The number of hydrogen-bond donors (Lipinski definition) is 3. The van der Waals surface area contributed by atoms with Gasteiger partial charge in [-0.3, -0.25) is 4.99 Å². The molecule has 31 heavy (non-hydrogen) atoms. The summed E-state index contributed by atoms with van der Waals surface area (Å²) in [5.74, 6) is 1.06. The predicted octanol–water partition coefficient (Wildman–Crippen LogP) is 1.77. The molecule has 3 rings (SSSR count). The molecule has 1 aliphatic heterocycles. The van der Waals surface area contributed by atoms with Crippen LogP contribution in [0.25, 0.3) is 0 Å². The van der Waals surface area contributed by atoms with E-state index in [0.717, 1.165) is 49.9 Å². The van der Waals surface area contributed by atoms with E-state index in [1.807, 2.05) is 32.0 Å². The molecule has 0 aromatic heterocycles. The van der Waals surface area contributed by atoms with Gasteiger partial charge < -0.3 is 20.2 Å². The lowest BCUT2D eigenvalue weighted by Gasteiger charge is -2.37. The molecule has 1 saturated heterocycles. The van der Waals surface area contributed by atoms with Gasteiger partial charge in [0.05, 0.1) is 17.1 Å². The summed E-state index contributed by atoms with van der Waals surface area (Å²) in [5.41, 5.74) is 1.86. The van der Waals surface area contributed by atoms with Gasteiger partial charge in [-0.25, -0.2) is 13.1 Å². The van der Waals surface area contributed by atoms with Crippen molar-refractivity contribution < 1.29 is 13.5 Å². The maximum absolute atomic E-state index is 12.4. The summed E-state index contributed by atoms with van der Waals surface area (Å²) in [7, 11) is -3.54. The number of aliphatic imine (C=N–C) groups is 1. The third kappa shape index (κ3) is 6.11. The van der Waals surface area contributed by atoms with E-state index in [1.165, 1.54) is 0 Å². The van der Waals surface area contributed by atoms with Gasteiger partial charge in [0, 0.05) is 39.3 Å². The average Bonchev–Trinajstić information content (AvgIpc) is 2.77. The van der Waals surface area contributed by atoms with Gasteiger partial charge in [0.2, 0.25) is 10.0 Å². The fourth-order valence-electron chi connectivity index (χ4n) is 3.46. The van der Waals surface area contributed by atoms with Crippen LogP contribution in [-0.2, 0) is 10.0 Å². The summed E-state index contributed by atoms with van der Waals surface area (Å²) in [6, 6.07) is 14.1. The molecule has 2 aromatic rings. The number of aryl methyl sites for hydroxylation is 1. The molecule has 9 heteroatoms. The Morgan fingerprint density at radius 2 is 1.74 bits per heavy atom. The number of hydrogen-bond acceptors (Lipinski definition) is 5. The van der Waals surface area contributed by atoms with Crippen molar-refractivity contribution in [1.82, 2.24) is 14.9 Å². The third-order valence-electron chi connectivity index (χ3n) is 5.13. The fourth-order valence-corrected chi connectivity index (χ4v) is 4.48. The number of nitrogens with zero attached hydrogens (tertiary/aromatic N) is 3. The highest BCUT2D eigenvalue weighted by molar-refractivity contribution is 7.89. The number of phenols is 1. The first-order chi connectivity index (χ1) is 14.9. The van der Waals surface area contributed by atoms with Crippen LogP contribution >= 0.6 is 0 Å². The van der Waals surface area contributed by atoms with Gasteiger partial charge in [0.25, 0.3) is 0 Å². The van der Waals surface area contributed by atoms with Crippen molar-refractivity contribution in [1.29, 1.82) is 0 Å². The quantitative estimate of drug-likeness (QED) is 0.341. The number of rotatable bonds is 7. The van der Waals surface area contributed by atoms with Crippen LogP contribution in [0.5, 0.6) is 5.75 Å². The van der Waals surface area contributed by atoms with Crippen LogP contribution in [0.2, 0.25) is 0 Å². The Kier molecular flexibility index (Phi) is 7.75. The van der Waals surface area contributed by atoms with Crippen molar-refractivity contribution >= 4 is 21.7 Å². The largest absolute Gasteiger partial charge is 0.506 e. The molecule has 0 bridgehead atoms. The molecule has 168 valence electrons. The molecule has 3 N–H and O–H groups in total. The first-order valence-corrected chi connectivity index (χ1v) is 12.0. The number of sulfonamides is 1. The zero-order valence-corrected chi connectivity index (χ0v) is 18.9. The van der Waals surface area contributed by atoms with E-state index in [0.29, 0.717) is 6.54 Å². The van der Waals surface area contributed by atoms with E-state index in [9.17, 15) is 13.5 Å². The molecule has 0 saturated carbocycles. The van der Waals surface area contributed by atoms with Crippen LogP contribution in [0, 0.1) is 6.92 Å². The van der Waals surface area contributed by atoms with Gasteiger partial charge in [-0.05, 0) is 38.1 Å². The van der Waals surface area contributed by atoms with E-state index in [-0.39, 0.29) is 17.2 Å². The van der Waals surface area contributed by atoms with Crippen molar-refractivity contribution in [3.63, 3.8) is 0 Å². The SMILES string of the molecule is CCNC(=NCCNS(=O)(=O)c1ccc(C)cc1)N1CCN(c2ccccc2O)CC1. The lowest BCUT2D eigenvalue weighted by Crippen LogP contribution is -2.52. The lowest BCUT2D eigenvalue weighted by molar-refractivity contribution is 0.370. The van der Waals surface area contributed by atoms with Crippen molar-refractivity contribution in [3.05, 3.63) is 54.1 Å². The van der Waals surface area contributed by atoms with Gasteiger partial charge in [0.1, 0.15) is 5.75 Å². The standard InChI is InChI=1S/C22H31N5O3S/c1-3-23-22(24-12-13-25-31(29,30)19-10-8-18(2)9-11-19)27-16-14-26(15-17-27)20-6-4-5-7-21(20)28/h4-11,25,28H,3,12-17H2,1-2H3,(H,23,24). The molecule has 2 aromatic carbocycles. The van der Waals surface area contributed by atoms with Crippen molar-refractivity contribution in [3.8, 4) is 5.75 Å². The minimum Gasteiger partial charge on any atom is -0.506 e. The average molecular weight is 446 g/mol. The Hall–Kier alpha value is -2.78.